The van der Waals surface area contributed by atoms with Gasteiger partial charge in [-0.2, -0.15) is 0 Å². The number of hydrogen-bond donors (Lipinski definition) is 2. The molecule has 2 rings (SSSR count). The molecule has 6 heteroatoms. The number of rotatable bonds is 6. The Hall–Kier alpha value is -1.33. The number of pyridine rings is 1. The average Bonchev–Trinajstić information content (AvgIpc) is 2.48. The molecule has 1 aromatic rings. The fourth-order valence-corrected chi connectivity index (χ4v) is 2.59. The second-order valence-electron chi connectivity index (χ2n) is 5.13. The average molecular weight is 312 g/mol. The number of nitrogens with one attached hydrogen (secondary N) is 2. The van der Waals surface area contributed by atoms with Crippen LogP contribution in [0.25, 0.3) is 0 Å². The van der Waals surface area contributed by atoms with E-state index in [1.54, 1.807) is 12.1 Å². The summed E-state index contributed by atoms with van der Waals surface area (Å²) in [6.45, 7) is 4.14. The fourth-order valence-electron chi connectivity index (χ4n) is 2.38. The number of carbonyl (C=O) groups excluding carboxylic acids is 1. The van der Waals surface area contributed by atoms with Crippen molar-refractivity contribution in [2.45, 2.75) is 38.7 Å². The number of aromatic nitrogens is 1. The van der Waals surface area contributed by atoms with E-state index in [2.05, 4.69) is 15.6 Å². The highest BCUT2D eigenvalue weighted by Crippen LogP contribution is 2.16. The van der Waals surface area contributed by atoms with Crippen molar-refractivity contribution in [3.05, 3.63) is 22.8 Å². The van der Waals surface area contributed by atoms with Gasteiger partial charge in [-0.15, -0.1) is 0 Å². The zero-order valence-corrected chi connectivity index (χ0v) is 13.1. The van der Waals surface area contributed by atoms with E-state index < -0.39 is 0 Å². The smallest absolute Gasteiger partial charge is 0.251 e. The molecule has 0 spiro atoms. The molecular formula is C15H22ClN3O2. The van der Waals surface area contributed by atoms with Gasteiger partial charge in [-0.25, -0.2) is 4.98 Å². The number of nitrogens with zero attached hydrogens (tertiary/aromatic N) is 1. The van der Waals surface area contributed by atoms with Crippen molar-refractivity contribution in [3.63, 3.8) is 0 Å². The molecule has 1 atom stereocenters. The van der Waals surface area contributed by atoms with E-state index in [1.165, 1.54) is 6.42 Å². The largest absolute Gasteiger partial charge is 0.378 e. The molecule has 1 saturated heterocycles. The molecule has 0 saturated carbocycles. The van der Waals surface area contributed by atoms with Crippen molar-refractivity contribution >= 4 is 23.3 Å². The Morgan fingerprint density at radius 3 is 3.05 bits per heavy atom. The summed E-state index contributed by atoms with van der Waals surface area (Å²) < 4.78 is 5.64. The van der Waals surface area contributed by atoms with E-state index in [-0.39, 0.29) is 12.0 Å². The van der Waals surface area contributed by atoms with Crippen LogP contribution in [0.2, 0.25) is 5.15 Å². The van der Waals surface area contributed by atoms with Gasteiger partial charge in [0.15, 0.2) is 0 Å². The van der Waals surface area contributed by atoms with E-state index in [9.17, 15) is 4.79 Å². The highest BCUT2D eigenvalue weighted by Gasteiger charge is 2.14. The molecule has 1 unspecified atom stereocenters. The third kappa shape index (κ3) is 5.17. The molecule has 21 heavy (non-hydrogen) atoms. The van der Waals surface area contributed by atoms with Crippen LogP contribution in [0.4, 0.5) is 5.82 Å². The standard InChI is InChI=1S/C15H22ClN3O2/c1-2-17-14-10-11(9-13(16)19-14)15(20)18-7-6-12-5-3-4-8-21-12/h9-10,12H,2-8H2,1H3,(H,17,19)(H,18,20). The summed E-state index contributed by atoms with van der Waals surface area (Å²) in [6.07, 6.45) is 4.57. The third-order valence-electron chi connectivity index (χ3n) is 3.44. The minimum Gasteiger partial charge on any atom is -0.378 e. The molecule has 1 aliphatic heterocycles. The fraction of sp³-hybridized carbons (Fsp3) is 0.600. The number of amides is 1. The lowest BCUT2D eigenvalue weighted by molar-refractivity contribution is 0.0117. The van der Waals surface area contributed by atoms with Gasteiger partial charge in [0.25, 0.3) is 5.91 Å². The molecule has 0 aliphatic carbocycles. The van der Waals surface area contributed by atoms with Gasteiger partial charge >= 0.3 is 0 Å². The highest BCUT2D eigenvalue weighted by atomic mass is 35.5. The van der Waals surface area contributed by atoms with Crippen molar-refractivity contribution in [2.75, 3.05) is 25.0 Å². The molecule has 0 bridgehead atoms. The zero-order valence-electron chi connectivity index (χ0n) is 12.3. The number of hydrogen-bond acceptors (Lipinski definition) is 4. The molecular weight excluding hydrogens is 290 g/mol. The van der Waals surface area contributed by atoms with Gasteiger partial charge in [0.05, 0.1) is 6.10 Å². The van der Waals surface area contributed by atoms with Crippen LogP contribution in [0.3, 0.4) is 0 Å². The van der Waals surface area contributed by atoms with E-state index in [0.29, 0.717) is 23.1 Å². The number of carbonyl (C=O) groups is 1. The van der Waals surface area contributed by atoms with Crippen LogP contribution >= 0.6 is 11.6 Å². The molecule has 2 heterocycles. The lowest BCUT2D eigenvalue weighted by Crippen LogP contribution is -2.29. The first-order valence-corrected chi connectivity index (χ1v) is 7.88. The van der Waals surface area contributed by atoms with E-state index in [4.69, 9.17) is 16.3 Å². The Morgan fingerprint density at radius 2 is 2.33 bits per heavy atom. The van der Waals surface area contributed by atoms with E-state index >= 15 is 0 Å². The van der Waals surface area contributed by atoms with Gasteiger partial charge in [0.2, 0.25) is 0 Å². The molecule has 1 amide bonds. The molecule has 116 valence electrons. The van der Waals surface area contributed by atoms with Crippen molar-refractivity contribution in [1.82, 2.24) is 10.3 Å². The van der Waals surface area contributed by atoms with E-state index in [0.717, 1.165) is 32.4 Å². The number of ether oxygens (including phenoxy) is 1. The molecule has 0 aromatic carbocycles. The Labute approximate surface area is 130 Å². The lowest BCUT2D eigenvalue weighted by Gasteiger charge is -2.22. The van der Waals surface area contributed by atoms with Gasteiger partial charge in [0, 0.05) is 25.3 Å². The first kappa shape index (κ1) is 16.0. The maximum Gasteiger partial charge on any atom is 0.251 e. The Bertz CT molecular complexity index is 476. The quantitative estimate of drug-likeness (QED) is 0.793. The van der Waals surface area contributed by atoms with Crippen LogP contribution in [-0.4, -0.2) is 36.7 Å². The normalized spacial score (nSPS) is 18.3. The Morgan fingerprint density at radius 1 is 1.48 bits per heavy atom. The number of halogens is 1. The van der Waals surface area contributed by atoms with Crippen molar-refractivity contribution in [2.24, 2.45) is 0 Å². The van der Waals surface area contributed by atoms with Crippen LogP contribution < -0.4 is 10.6 Å². The predicted octanol–water partition coefficient (Wildman–Crippen LogP) is 2.86. The SMILES string of the molecule is CCNc1cc(C(=O)NCCC2CCCCO2)cc(Cl)n1. The van der Waals surface area contributed by atoms with Crippen LogP contribution in [0.1, 0.15) is 43.0 Å². The second-order valence-corrected chi connectivity index (χ2v) is 5.51. The van der Waals surface area contributed by atoms with Gasteiger partial charge in [-0.3, -0.25) is 4.79 Å². The van der Waals surface area contributed by atoms with Crippen molar-refractivity contribution < 1.29 is 9.53 Å². The van der Waals surface area contributed by atoms with Crippen molar-refractivity contribution in [3.8, 4) is 0 Å². The van der Waals surface area contributed by atoms with Gasteiger partial charge in [-0.1, -0.05) is 11.6 Å². The molecule has 2 N–H and O–H groups in total. The van der Waals surface area contributed by atoms with Crippen molar-refractivity contribution in [1.29, 1.82) is 0 Å². The summed E-state index contributed by atoms with van der Waals surface area (Å²) in [7, 11) is 0. The van der Waals surface area contributed by atoms with Gasteiger partial charge < -0.3 is 15.4 Å². The first-order valence-electron chi connectivity index (χ1n) is 7.50. The maximum atomic E-state index is 12.1. The minimum atomic E-state index is -0.130. The van der Waals surface area contributed by atoms with E-state index in [1.807, 2.05) is 6.92 Å². The van der Waals surface area contributed by atoms with Crippen LogP contribution in [-0.2, 0) is 4.74 Å². The maximum absolute atomic E-state index is 12.1. The predicted molar refractivity (Wildman–Crippen MR) is 84.0 cm³/mol. The summed E-state index contributed by atoms with van der Waals surface area (Å²) in [6, 6.07) is 3.29. The molecule has 1 aromatic heterocycles. The zero-order chi connectivity index (χ0) is 15.1. The highest BCUT2D eigenvalue weighted by molar-refractivity contribution is 6.29. The second kappa shape index (κ2) is 8.20. The topological polar surface area (TPSA) is 63.2 Å². The Balaban J connectivity index is 1.84. The summed E-state index contributed by atoms with van der Waals surface area (Å²) in [4.78, 5) is 16.2. The summed E-state index contributed by atoms with van der Waals surface area (Å²) in [5, 5.41) is 6.28. The molecule has 0 radical (unpaired) electrons. The van der Waals surface area contributed by atoms with Gasteiger partial charge in [0.1, 0.15) is 11.0 Å². The monoisotopic (exact) mass is 311 g/mol. The van der Waals surface area contributed by atoms with Crippen LogP contribution in [0, 0.1) is 0 Å². The summed E-state index contributed by atoms with van der Waals surface area (Å²) in [5.74, 6) is 0.486. The molecule has 1 aliphatic rings. The third-order valence-corrected chi connectivity index (χ3v) is 3.63. The number of anilines is 1. The lowest BCUT2D eigenvalue weighted by atomic mass is 10.1. The van der Waals surface area contributed by atoms with Crippen LogP contribution in [0.15, 0.2) is 12.1 Å². The molecule has 1 fully saturated rings. The minimum absolute atomic E-state index is 0.130. The van der Waals surface area contributed by atoms with Gasteiger partial charge in [-0.05, 0) is 44.7 Å². The summed E-state index contributed by atoms with van der Waals surface area (Å²) in [5.41, 5.74) is 0.524. The van der Waals surface area contributed by atoms with Crippen LogP contribution in [0.5, 0.6) is 0 Å². The molecule has 5 nitrogen and oxygen atoms in total. The first-order chi connectivity index (χ1) is 10.2. The summed E-state index contributed by atoms with van der Waals surface area (Å²) >= 11 is 5.93. The Kier molecular flexibility index (Phi) is 6.26.